The third-order valence-electron chi connectivity index (χ3n) is 5.88. The highest BCUT2D eigenvalue weighted by Gasteiger charge is 2.38. The molecule has 1 aromatic heterocycles. The van der Waals surface area contributed by atoms with Crippen molar-refractivity contribution < 1.29 is 19.1 Å². The number of amides is 4. The Bertz CT molecular complexity index is 1300. The van der Waals surface area contributed by atoms with Gasteiger partial charge in [-0.05, 0) is 74.7 Å². The van der Waals surface area contributed by atoms with Crippen LogP contribution in [0.25, 0.3) is 11.8 Å². The number of hydrogen-bond acceptors (Lipinski definition) is 4. The maximum Gasteiger partial charge on any atom is 0.336 e. The number of aryl methyl sites for hydroxylation is 2. The maximum absolute atomic E-state index is 13.4. The number of urea groups is 1. The van der Waals surface area contributed by atoms with E-state index in [1.165, 1.54) is 5.56 Å². The van der Waals surface area contributed by atoms with E-state index in [2.05, 4.69) is 41.1 Å². The molecule has 3 aromatic rings. The van der Waals surface area contributed by atoms with Crippen molar-refractivity contribution in [1.82, 2.24) is 9.88 Å². The summed E-state index contributed by atoms with van der Waals surface area (Å²) in [6.45, 7) is 8.20. The van der Waals surface area contributed by atoms with Crippen LogP contribution in [0.3, 0.4) is 0 Å². The number of aromatic nitrogens is 1. The highest BCUT2D eigenvalue weighted by Crippen LogP contribution is 2.32. The van der Waals surface area contributed by atoms with Gasteiger partial charge in [-0.15, -0.1) is 0 Å². The van der Waals surface area contributed by atoms with Crippen molar-refractivity contribution in [3.63, 3.8) is 0 Å². The van der Waals surface area contributed by atoms with Gasteiger partial charge in [-0.3, -0.25) is 14.9 Å². The van der Waals surface area contributed by atoms with E-state index in [-0.39, 0.29) is 11.3 Å². The van der Waals surface area contributed by atoms with E-state index < -0.39 is 17.8 Å². The van der Waals surface area contributed by atoms with Crippen LogP contribution in [0.15, 0.2) is 60.2 Å². The molecule has 1 fully saturated rings. The van der Waals surface area contributed by atoms with Crippen molar-refractivity contribution in [1.29, 1.82) is 0 Å². The van der Waals surface area contributed by atoms with Gasteiger partial charge in [0.15, 0.2) is 0 Å². The Balaban J connectivity index is 1.75. The Hall–Kier alpha value is -4.13. The zero-order valence-electron chi connectivity index (χ0n) is 19.7. The lowest BCUT2D eigenvalue weighted by Gasteiger charge is -2.27. The molecule has 7 heteroatoms. The number of barbiturate groups is 1. The molecule has 1 aliphatic heterocycles. The van der Waals surface area contributed by atoms with Crippen LogP contribution >= 0.6 is 0 Å². The number of rotatable bonds is 6. The number of imide groups is 2. The van der Waals surface area contributed by atoms with E-state index in [4.69, 9.17) is 4.74 Å². The number of nitrogens with zero attached hydrogens (tertiary/aromatic N) is 2. The Morgan fingerprint density at radius 1 is 0.971 bits per heavy atom. The van der Waals surface area contributed by atoms with Crippen molar-refractivity contribution in [2.75, 3.05) is 11.5 Å². The van der Waals surface area contributed by atoms with Crippen molar-refractivity contribution in [3.05, 3.63) is 82.7 Å². The molecule has 0 bridgehead atoms. The van der Waals surface area contributed by atoms with Crippen molar-refractivity contribution in [2.45, 2.75) is 34.1 Å². The lowest BCUT2D eigenvalue weighted by Crippen LogP contribution is -2.54. The molecular formula is C27H27N3O4. The quantitative estimate of drug-likeness (QED) is 0.429. The third-order valence-corrected chi connectivity index (χ3v) is 5.88. The molecule has 174 valence electrons. The lowest BCUT2D eigenvalue weighted by atomic mass is 10.1. The molecular weight excluding hydrogens is 430 g/mol. The number of nitrogens with one attached hydrogen (secondary N) is 1. The normalized spacial score (nSPS) is 15.1. The fraction of sp³-hybridized carbons (Fsp3) is 0.222. The van der Waals surface area contributed by atoms with E-state index >= 15 is 0 Å². The molecule has 0 aliphatic carbocycles. The average Bonchev–Trinajstić information content (AvgIpc) is 3.10. The van der Waals surface area contributed by atoms with Gasteiger partial charge < -0.3 is 9.30 Å². The first-order valence-corrected chi connectivity index (χ1v) is 11.3. The van der Waals surface area contributed by atoms with Gasteiger partial charge >= 0.3 is 6.03 Å². The van der Waals surface area contributed by atoms with Crippen LogP contribution in [0.2, 0.25) is 0 Å². The fourth-order valence-electron chi connectivity index (χ4n) is 4.16. The SMILES string of the molecule is CCOc1ccccc1N1C(=O)NC(=O)/C(=C\c2cc(C)n(-c3ccc(CC)cc3)c2C)C1=O. The predicted molar refractivity (Wildman–Crippen MR) is 131 cm³/mol. The minimum absolute atomic E-state index is 0.118. The van der Waals surface area contributed by atoms with Gasteiger partial charge in [0, 0.05) is 17.1 Å². The second kappa shape index (κ2) is 9.39. The number of carbonyl (C=O) groups is 3. The molecule has 0 atom stereocenters. The van der Waals surface area contributed by atoms with Crippen LogP contribution in [0.1, 0.15) is 36.4 Å². The maximum atomic E-state index is 13.4. The van der Waals surface area contributed by atoms with Crippen LogP contribution in [0.5, 0.6) is 5.75 Å². The van der Waals surface area contributed by atoms with Crippen LogP contribution in [-0.2, 0) is 16.0 Å². The molecule has 4 rings (SSSR count). The molecule has 2 aromatic carbocycles. The first-order chi connectivity index (χ1) is 16.3. The van der Waals surface area contributed by atoms with E-state index in [0.29, 0.717) is 12.4 Å². The number of benzene rings is 2. The van der Waals surface area contributed by atoms with Gasteiger partial charge in [0.05, 0.1) is 12.3 Å². The summed E-state index contributed by atoms with van der Waals surface area (Å²) in [5, 5.41) is 2.28. The van der Waals surface area contributed by atoms with Crippen LogP contribution < -0.4 is 15.0 Å². The third kappa shape index (κ3) is 4.12. The molecule has 0 saturated carbocycles. The monoisotopic (exact) mass is 457 g/mol. The lowest BCUT2D eigenvalue weighted by molar-refractivity contribution is -0.122. The van der Waals surface area contributed by atoms with Gasteiger partial charge in [0.1, 0.15) is 11.3 Å². The molecule has 7 nitrogen and oxygen atoms in total. The number of carbonyl (C=O) groups excluding carboxylic acids is 3. The highest BCUT2D eigenvalue weighted by molar-refractivity contribution is 6.39. The van der Waals surface area contributed by atoms with E-state index in [1.54, 1.807) is 30.3 Å². The summed E-state index contributed by atoms with van der Waals surface area (Å²) in [7, 11) is 0. The summed E-state index contributed by atoms with van der Waals surface area (Å²) in [4.78, 5) is 39.6. The predicted octanol–water partition coefficient (Wildman–Crippen LogP) is 4.72. The molecule has 2 heterocycles. The van der Waals surface area contributed by atoms with Crippen molar-refractivity contribution in [2.24, 2.45) is 0 Å². The summed E-state index contributed by atoms with van der Waals surface area (Å²) in [6, 6.07) is 16.1. The summed E-state index contributed by atoms with van der Waals surface area (Å²) in [6.07, 6.45) is 2.50. The van der Waals surface area contributed by atoms with Crippen LogP contribution in [0, 0.1) is 13.8 Å². The number of anilines is 1. The Labute approximate surface area is 198 Å². The molecule has 0 unspecified atom stereocenters. The minimum Gasteiger partial charge on any atom is -0.492 e. The number of para-hydroxylation sites is 2. The smallest absolute Gasteiger partial charge is 0.336 e. The van der Waals surface area contributed by atoms with Crippen molar-refractivity contribution >= 4 is 29.6 Å². The zero-order valence-corrected chi connectivity index (χ0v) is 19.7. The second-order valence-corrected chi connectivity index (χ2v) is 8.04. The van der Waals surface area contributed by atoms with Gasteiger partial charge in [0.25, 0.3) is 11.8 Å². The topological polar surface area (TPSA) is 80.6 Å². The first-order valence-electron chi connectivity index (χ1n) is 11.3. The Morgan fingerprint density at radius 3 is 2.35 bits per heavy atom. The molecule has 1 N–H and O–H groups in total. The van der Waals surface area contributed by atoms with Crippen LogP contribution in [0.4, 0.5) is 10.5 Å². The van der Waals surface area contributed by atoms with E-state index in [9.17, 15) is 14.4 Å². The van der Waals surface area contributed by atoms with Gasteiger partial charge in [0.2, 0.25) is 0 Å². The zero-order chi connectivity index (χ0) is 24.4. The molecule has 34 heavy (non-hydrogen) atoms. The summed E-state index contributed by atoms with van der Waals surface area (Å²) in [5.74, 6) is -1.04. The Kier molecular flexibility index (Phi) is 6.36. The molecule has 0 spiro atoms. The molecule has 0 radical (unpaired) electrons. The standard InChI is InChI=1S/C27H27N3O4/c1-5-19-11-13-21(14-12-19)29-17(3)15-20(18(29)4)16-22-25(31)28-27(33)30(26(22)32)23-9-7-8-10-24(23)34-6-2/h7-16H,5-6H2,1-4H3,(H,28,31,33)/b22-16+. The average molecular weight is 458 g/mol. The molecule has 1 saturated heterocycles. The van der Waals surface area contributed by atoms with Gasteiger partial charge in [-0.25, -0.2) is 9.69 Å². The van der Waals surface area contributed by atoms with Gasteiger partial charge in [-0.2, -0.15) is 0 Å². The molecule has 4 amide bonds. The highest BCUT2D eigenvalue weighted by atomic mass is 16.5. The number of hydrogen-bond donors (Lipinski definition) is 1. The second-order valence-electron chi connectivity index (χ2n) is 8.04. The number of ether oxygens (including phenoxy) is 1. The largest absolute Gasteiger partial charge is 0.492 e. The summed E-state index contributed by atoms with van der Waals surface area (Å²) >= 11 is 0. The molecule has 1 aliphatic rings. The van der Waals surface area contributed by atoms with Crippen LogP contribution in [-0.4, -0.2) is 29.0 Å². The Morgan fingerprint density at radius 2 is 1.68 bits per heavy atom. The fourth-order valence-corrected chi connectivity index (χ4v) is 4.16. The van der Waals surface area contributed by atoms with E-state index in [0.717, 1.165) is 34.0 Å². The van der Waals surface area contributed by atoms with Crippen molar-refractivity contribution in [3.8, 4) is 11.4 Å². The minimum atomic E-state index is -0.805. The first kappa shape index (κ1) is 23.0. The van der Waals surface area contributed by atoms with Gasteiger partial charge in [-0.1, -0.05) is 31.2 Å². The van der Waals surface area contributed by atoms with E-state index in [1.807, 2.05) is 26.8 Å². The summed E-state index contributed by atoms with van der Waals surface area (Å²) < 4.78 is 7.66. The summed E-state index contributed by atoms with van der Waals surface area (Å²) in [5.41, 5.74) is 4.98.